The molecule has 1 unspecified atom stereocenters. The summed E-state index contributed by atoms with van der Waals surface area (Å²) in [5.74, 6) is -0.00548. The number of aromatic amines is 1. The highest BCUT2D eigenvalue weighted by Gasteiger charge is 2.23. The predicted molar refractivity (Wildman–Crippen MR) is 84.5 cm³/mol. The number of rotatable bonds is 3. The number of carbonyl (C=O) groups is 1. The van der Waals surface area contributed by atoms with E-state index in [2.05, 4.69) is 34.2 Å². The molecule has 5 heteroatoms. The summed E-state index contributed by atoms with van der Waals surface area (Å²) in [5.41, 5.74) is 1.72. The number of nitrogens with zero attached hydrogens (tertiary/aromatic N) is 2. The molecule has 1 fully saturated rings. The predicted octanol–water partition coefficient (Wildman–Crippen LogP) is 1.14. The lowest BCUT2D eigenvalue weighted by Crippen LogP contribution is -2.54. The molecule has 0 aliphatic carbocycles. The third-order valence-corrected chi connectivity index (χ3v) is 4.31. The second-order valence-electron chi connectivity index (χ2n) is 5.85. The number of para-hydroxylation sites is 1. The van der Waals surface area contributed by atoms with Crippen molar-refractivity contribution in [3.05, 3.63) is 36.0 Å². The highest BCUT2D eigenvalue weighted by atomic mass is 16.1. The van der Waals surface area contributed by atoms with E-state index in [1.807, 2.05) is 24.3 Å². The Morgan fingerprint density at radius 2 is 2.14 bits per heavy atom. The Balaban J connectivity index is 1.66. The molecule has 5 nitrogen and oxygen atoms in total. The Hall–Kier alpha value is -1.85. The second-order valence-corrected chi connectivity index (χ2v) is 5.85. The average Bonchev–Trinajstić information content (AvgIpc) is 2.92. The van der Waals surface area contributed by atoms with Gasteiger partial charge in [-0.1, -0.05) is 18.2 Å². The maximum Gasteiger partial charge on any atom is 0.253 e. The van der Waals surface area contributed by atoms with Crippen molar-refractivity contribution in [2.45, 2.75) is 6.04 Å². The molecule has 1 saturated heterocycles. The quantitative estimate of drug-likeness (QED) is 0.890. The van der Waals surface area contributed by atoms with Crippen molar-refractivity contribution in [3.63, 3.8) is 0 Å². The summed E-state index contributed by atoms with van der Waals surface area (Å²) < 4.78 is 0. The van der Waals surface area contributed by atoms with Crippen molar-refractivity contribution in [2.75, 3.05) is 40.3 Å². The first-order chi connectivity index (χ1) is 10.1. The van der Waals surface area contributed by atoms with Gasteiger partial charge in [0.2, 0.25) is 0 Å². The minimum absolute atomic E-state index is 0.00548. The van der Waals surface area contributed by atoms with Gasteiger partial charge in [-0.25, -0.2) is 0 Å². The number of hydrogen-bond acceptors (Lipinski definition) is 3. The molecule has 1 aromatic carbocycles. The standard InChI is InChI=1S/C16H22N4O/c1-19-7-8-20(2)12(11-19)9-18-16(21)14-10-17-15-6-4-3-5-13(14)15/h3-6,10,12,17H,7-9,11H2,1-2H3,(H,18,21). The average molecular weight is 286 g/mol. The van der Waals surface area contributed by atoms with Gasteiger partial charge in [0.15, 0.2) is 0 Å². The van der Waals surface area contributed by atoms with Crippen LogP contribution >= 0.6 is 0 Å². The number of hydrogen-bond donors (Lipinski definition) is 2. The lowest BCUT2D eigenvalue weighted by atomic mass is 10.1. The molecule has 1 atom stereocenters. The van der Waals surface area contributed by atoms with Gasteiger partial charge in [-0.3, -0.25) is 9.69 Å². The summed E-state index contributed by atoms with van der Waals surface area (Å²) in [6.07, 6.45) is 1.79. The van der Waals surface area contributed by atoms with E-state index >= 15 is 0 Å². The molecule has 2 aromatic rings. The van der Waals surface area contributed by atoms with Crippen LogP contribution < -0.4 is 5.32 Å². The molecule has 1 aromatic heterocycles. The van der Waals surface area contributed by atoms with E-state index < -0.39 is 0 Å². The molecule has 0 radical (unpaired) electrons. The third kappa shape index (κ3) is 2.94. The van der Waals surface area contributed by atoms with Gasteiger partial charge in [0.25, 0.3) is 5.91 Å². The summed E-state index contributed by atoms with van der Waals surface area (Å²) in [5, 5.41) is 4.05. The molecule has 0 spiro atoms. The van der Waals surface area contributed by atoms with Crippen LogP contribution in [0.5, 0.6) is 0 Å². The van der Waals surface area contributed by atoms with Crippen LogP contribution in [-0.4, -0.2) is 67.0 Å². The van der Waals surface area contributed by atoms with E-state index in [0.29, 0.717) is 12.6 Å². The molecule has 0 saturated carbocycles. The minimum Gasteiger partial charge on any atom is -0.360 e. The Labute approximate surface area is 124 Å². The van der Waals surface area contributed by atoms with E-state index in [0.717, 1.165) is 36.1 Å². The largest absolute Gasteiger partial charge is 0.360 e. The van der Waals surface area contributed by atoms with E-state index in [1.165, 1.54) is 0 Å². The van der Waals surface area contributed by atoms with Crippen LogP contribution in [-0.2, 0) is 0 Å². The van der Waals surface area contributed by atoms with Crippen molar-refractivity contribution in [2.24, 2.45) is 0 Å². The molecular weight excluding hydrogens is 264 g/mol. The van der Waals surface area contributed by atoms with Gasteiger partial charge in [0.1, 0.15) is 0 Å². The number of nitrogens with one attached hydrogen (secondary N) is 2. The fourth-order valence-electron chi connectivity index (χ4n) is 2.89. The second kappa shape index (κ2) is 5.87. The van der Waals surface area contributed by atoms with Gasteiger partial charge in [-0.05, 0) is 20.2 Å². The summed E-state index contributed by atoms with van der Waals surface area (Å²) in [4.78, 5) is 20.2. The highest BCUT2D eigenvalue weighted by Crippen LogP contribution is 2.17. The number of aromatic nitrogens is 1. The van der Waals surface area contributed by atoms with Crippen molar-refractivity contribution in [3.8, 4) is 0 Å². The van der Waals surface area contributed by atoms with Crippen LogP contribution in [0.4, 0.5) is 0 Å². The first kappa shape index (κ1) is 14.1. The number of carbonyl (C=O) groups excluding carboxylic acids is 1. The molecule has 0 bridgehead atoms. The van der Waals surface area contributed by atoms with E-state index in [9.17, 15) is 4.79 Å². The number of benzene rings is 1. The smallest absolute Gasteiger partial charge is 0.253 e. The number of piperazine rings is 1. The van der Waals surface area contributed by atoms with Crippen LogP contribution in [0.3, 0.4) is 0 Å². The minimum atomic E-state index is -0.00548. The van der Waals surface area contributed by atoms with E-state index in [-0.39, 0.29) is 5.91 Å². The summed E-state index contributed by atoms with van der Waals surface area (Å²) >= 11 is 0. The summed E-state index contributed by atoms with van der Waals surface area (Å²) in [7, 11) is 4.25. The fourth-order valence-corrected chi connectivity index (χ4v) is 2.89. The molecule has 3 rings (SSSR count). The number of amides is 1. The zero-order chi connectivity index (χ0) is 14.8. The molecule has 21 heavy (non-hydrogen) atoms. The Bertz CT molecular complexity index is 636. The van der Waals surface area contributed by atoms with Crippen LogP contribution in [0, 0.1) is 0 Å². The fraction of sp³-hybridized carbons (Fsp3) is 0.438. The van der Waals surface area contributed by atoms with Crippen LogP contribution in [0.15, 0.2) is 30.5 Å². The zero-order valence-corrected chi connectivity index (χ0v) is 12.6. The first-order valence-corrected chi connectivity index (χ1v) is 7.38. The van der Waals surface area contributed by atoms with Gasteiger partial charge in [-0.2, -0.15) is 0 Å². The summed E-state index contributed by atoms with van der Waals surface area (Å²) in [6.45, 7) is 3.80. The van der Waals surface area contributed by atoms with Crippen LogP contribution in [0.2, 0.25) is 0 Å². The molecule has 1 aliphatic heterocycles. The topological polar surface area (TPSA) is 51.4 Å². The van der Waals surface area contributed by atoms with E-state index in [1.54, 1.807) is 6.20 Å². The molecule has 2 heterocycles. The number of H-pyrrole nitrogens is 1. The van der Waals surface area contributed by atoms with Gasteiger partial charge in [-0.15, -0.1) is 0 Å². The number of fused-ring (bicyclic) bond motifs is 1. The molecule has 1 aliphatic rings. The monoisotopic (exact) mass is 286 g/mol. The maximum absolute atomic E-state index is 12.4. The molecule has 112 valence electrons. The van der Waals surface area contributed by atoms with Crippen molar-refractivity contribution < 1.29 is 4.79 Å². The number of likely N-dealkylation sites (N-methyl/N-ethyl adjacent to an activating group) is 2. The van der Waals surface area contributed by atoms with Crippen molar-refractivity contribution in [1.82, 2.24) is 20.1 Å². The Kier molecular flexibility index (Phi) is 3.94. The van der Waals surface area contributed by atoms with Crippen molar-refractivity contribution >= 4 is 16.8 Å². The third-order valence-electron chi connectivity index (χ3n) is 4.31. The van der Waals surface area contributed by atoms with E-state index in [4.69, 9.17) is 0 Å². The Morgan fingerprint density at radius 3 is 3.00 bits per heavy atom. The summed E-state index contributed by atoms with van der Waals surface area (Å²) in [6, 6.07) is 8.25. The lowest BCUT2D eigenvalue weighted by Gasteiger charge is -2.37. The SMILES string of the molecule is CN1CCN(C)C(CNC(=O)c2c[nH]c3ccccc23)C1. The van der Waals surface area contributed by atoms with Crippen molar-refractivity contribution in [1.29, 1.82) is 0 Å². The van der Waals surface area contributed by atoms with Gasteiger partial charge < -0.3 is 15.2 Å². The van der Waals surface area contributed by atoms with Crippen LogP contribution in [0.1, 0.15) is 10.4 Å². The highest BCUT2D eigenvalue weighted by molar-refractivity contribution is 6.06. The van der Waals surface area contributed by atoms with Gasteiger partial charge >= 0.3 is 0 Å². The molecular formula is C16H22N4O. The Morgan fingerprint density at radius 1 is 1.33 bits per heavy atom. The van der Waals surface area contributed by atoms with Gasteiger partial charge in [0, 0.05) is 49.3 Å². The van der Waals surface area contributed by atoms with Gasteiger partial charge in [0.05, 0.1) is 5.56 Å². The first-order valence-electron chi connectivity index (χ1n) is 7.38. The van der Waals surface area contributed by atoms with Crippen LogP contribution in [0.25, 0.3) is 10.9 Å². The lowest BCUT2D eigenvalue weighted by molar-refractivity contribution is 0.0882. The maximum atomic E-state index is 12.4. The normalized spacial score (nSPS) is 20.8. The molecule has 1 amide bonds. The molecule has 2 N–H and O–H groups in total. The zero-order valence-electron chi connectivity index (χ0n) is 12.6.